The lowest BCUT2D eigenvalue weighted by atomic mass is 10.2. The zero-order chi connectivity index (χ0) is 33.2. The Morgan fingerprint density at radius 3 is 1.02 bits per heavy atom. The predicted molar refractivity (Wildman–Crippen MR) is 219 cm³/mol. The lowest BCUT2D eigenvalue weighted by molar-refractivity contribution is 0.328. The summed E-state index contributed by atoms with van der Waals surface area (Å²) in [5, 5.41) is 0. The van der Waals surface area contributed by atoms with Crippen LogP contribution in [0.3, 0.4) is 0 Å². The summed E-state index contributed by atoms with van der Waals surface area (Å²) >= 11 is 22.5. The molecule has 43 heavy (non-hydrogen) atoms. The van der Waals surface area contributed by atoms with E-state index < -0.39 is 40.7 Å². The molecule has 0 saturated carbocycles. The molecule has 0 atom stereocenters. The molecule has 0 aromatic rings. The van der Waals surface area contributed by atoms with Crippen LogP contribution in [0, 0.1) is 0 Å². The van der Waals surface area contributed by atoms with Crippen LogP contribution in [0.4, 0.5) is 0 Å². The summed E-state index contributed by atoms with van der Waals surface area (Å²) in [4.78, 5) is 28.5. The molecule has 0 unspecified atom stereocenters. The van der Waals surface area contributed by atoms with Crippen LogP contribution in [-0.2, 0) is 4.43 Å². The van der Waals surface area contributed by atoms with E-state index in [9.17, 15) is 14.4 Å². The monoisotopic (exact) mass is 780 g/mol. The van der Waals surface area contributed by atoms with Crippen LogP contribution in [0.1, 0.15) is 67.1 Å². The first-order chi connectivity index (χ1) is 18.4. The molecule has 0 amide bonds. The van der Waals surface area contributed by atoms with Crippen LogP contribution in [0.25, 0.3) is 0 Å². The highest BCUT2D eigenvalue weighted by molar-refractivity contribution is 7.19. The van der Waals surface area contributed by atoms with Gasteiger partial charge in [-0.2, -0.15) is 11.1 Å². The number of halogens is 4. The smallest absolute Gasteiger partial charge is 0.186 e. The predicted octanol–water partition coefficient (Wildman–Crippen LogP) is 11.6. The number of hydrogen-bond donors (Lipinski definition) is 3. The molecule has 0 spiro atoms. The number of rotatable bonds is 19. The van der Waals surface area contributed by atoms with Crippen molar-refractivity contribution in [1.29, 1.82) is 0 Å². The topological polar surface area (TPSA) is 69.9 Å². The van der Waals surface area contributed by atoms with Crippen molar-refractivity contribution in [2.45, 2.75) is 161 Å². The van der Waals surface area contributed by atoms with Gasteiger partial charge in [-0.3, -0.25) is 0 Å². The minimum atomic E-state index is -1.79. The first-order valence-electron chi connectivity index (χ1n) is 15.6. The van der Waals surface area contributed by atoms with Gasteiger partial charge in [-0.15, -0.1) is 34.8 Å². The molecule has 0 bridgehead atoms. The summed E-state index contributed by atoms with van der Waals surface area (Å²) in [5.41, 5.74) is 0. The summed E-state index contributed by atoms with van der Waals surface area (Å²) in [6.45, 7) is 23.5. The van der Waals surface area contributed by atoms with Crippen LogP contribution in [0.15, 0.2) is 0 Å². The van der Waals surface area contributed by atoms with E-state index in [2.05, 4.69) is 33.1 Å². The van der Waals surface area contributed by atoms with Gasteiger partial charge >= 0.3 is 0 Å². The van der Waals surface area contributed by atoms with Crippen molar-refractivity contribution in [3.8, 4) is 0 Å². The maximum atomic E-state index is 9.64. The van der Waals surface area contributed by atoms with Crippen LogP contribution in [0.2, 0.25) is 95.7 Å². The van der Waals surface area contributed by atoms with Gasteiger partial charge in [-0.1, -0.05) is 52.6 Å². The van der Waals surface area contributed by atoms with Crippen molar-refractivity contribution in [2.75, 3.05) is 24.2 Å². The van der Waals surface area contributed by atoms with Crippen molar-refractivity contribution in [3.63, 3.8) is 0 Å². The Morgan fingerprint density at radius 2 is 0.791 bits per heavy atom. The summed E-state index contributed by atoms with van der Waals surface area (Å²) in [7, 11) is -7.94. The third-order valence-electron chi connectivity index (χ3n) is 5.85. The first kappa shape index (κ1) is 57.4. The van der Waals surface area contributed by atoms with Crippen molar-refractivity contribution in [1.82, 2.24) is 0 Å². The summed E-state index contributed by atoms with van der Waals surface area (Å²) in [6.07, 6.45) is 9.22. The summed E-state index contributed by atoms with van der Waals surface area (Å²) < 4.78 is 5.61. The number of hydrogen-bond acceptors (Lipinski definition) is 4. The molecular weight excluding hydrogens is 705 g/mol. The zero-order valence-electron chi connectivity index (χ0n) is 29.4. The third-order valence-corrected chi connectivity index (χ3v) is 16.1. The van der Waals surface area contributed by atoms with Gasteiger partial charge in [-0.25, -0.2) is 0 Å². The molecule has 0 saturated heterocycles. The molecule has 3 radical (unpaired) electrons. The van der Waals surface area contributed by atoms with E-state index in [0.717, 1.165) is 61.8 Å². The Bertz CT molecular complexity index is 530. The van der Waals surface area contributed by atoms with Gasteiger partial charge in [0, 0.05) is 34.1 Å². The van der Waals surface area contributed by atoms with Crippen LogP contribution < -0.4 is 0 Å². The van der Waals surface area contributed by atoms with E-state index in [1.165, 1.54) is 38.1 Å². The molecule has 0 aliphatic carbocycles. The van der Waals surface area contributed by atoms with E-state index in [-0.39, 0.29) is 17.3 Å². The molecule has 0 aliphatic heterocycles. The van der Waals surface area contributed by atoms with Gasteiger partial charge < -0.3 is 18.8 Å². The highest BCUT2D eigenvalue weighted by Gasteiger charge is 2.20. The molecule has 0 aromatic heterocycles. The second-order valence-corrected chi connectivity index (χ2v) is 38.8. The molecule has 0 fully saturated rings. The van der Waals surface area contributed by atoms with E-state index in [1.54, 1.807) is 0 Å². The fourth-order valence-corrected chi connectivity index (χ4v) is 11.3. The van der Waals surface area contributed by atoms with Crippen LogP contribution in [0.5, 0.6) is 0 Å². The van der Waals surface area contributed by atoms with E-state index >= 15 is 0 Å². The van der Waals surface area contributed by atoms with Crippen molar-refractivity contribution < 1.29 is 20.2 Å². The summed E-state index contributed by atoms with van der Waals surface area (Å²) in [5.74, 6) is 2.20. The van der Waals surface area contributed by atoms with E-state index in [1.807, 2.05) is 39.3 Å². The Labute approximate surface area is 299 Å². The van der Waals surface area contributed by atoms with Crippen molar-refractivity contribution in [2.24, 2.45) is 0 Å². The fraction of sp³-hybridized carbons (Fsp3) is 1.00. The van der Waals surface area contributed by atoms with Crippen molar-refractivity contribution in [3.05, 3.63) is 0 Å². The second kappa shape index (κ2) is 32.7. The Morgan fingerprint density at radius 1 is 0.512 bits per heavy atom. The minimum Gasteiger partial charge on any atom is -0.432 e. The number of alkyl halides is 3. The highest BCUT2D eigenvalue weighted by Crippen LogP contribution is 2.17. The third kappa shape index (κ3) is 71.4. The molecular formula is C29H76BCl4O4Si5. The van der Waals surface area contributed by atoms with Gasteiger partial charge in [0.1, 0.15) is 0 Å². The van der Waals surface area contributed by atoms with Crippen LogP contribution in [-0.4, -0.2) is 87.7 Å². The standard InChI is InChI=1S/C11H28O2Si2.C7H17ClOSi.C5H12Cl2Si.C5H13ClOSi.CH4.B.H2/c1-14(2,12)10-8-6-5-7-9-11-15(3,4)13;1-4-9-10(2,3)7-5-6-8;2*1-8(2,7)5-3-4-6;;;/h12-13H,5-11H2,1-4H3;4-7H2,1-3H3;3-5H2,1-2H3;7H,3-5H2,1-2H3;1H4;;1H/i;;;;;;1+1. The maximum absolute atomic E-state index is 9.64. The minimum absolute atomic E-state index is 0. The maximum Gasteiger partial charge on any atom is 0.186 e. The number of unbranched alkanes of at least 4 members (excludes halogenated alkanes) is 4. The van der Waals surface area contributed by atoms with Crippen LogP contribution >= 0.6 is 45.9 Å². The van der Waals surface area contributed by atoms with Crippen molar-refractivity contribution >= 4 is 94.9 Å². The Kier molecular flexibility index (Phi) is 43.6. The SMILES string of the molecule is C.CCO[Si](C)(C)CCCCl.C[Si](C)(Cl)CCCCl.C[Si](C)(O)CCCCCCC[Si](C)(C)O.C[Si](C)(O)CCCCl.[2HH].[B]. The summed E-state index contributed by atoms with van der Waals surface area (Å²) in [6, 6.07) is 5.32. The average Bonchev–Trinajstić information content (AvgIpc) is 2.78. The van der Waals surface area contributed by atoms with Gasteiger partial charge in [-0.05, 0) is 109 Å². The molecule has 3 N–H and O–H groups in total. The first-order valence-corrected chi connectivity index (χ1v) is 34.0. The van der Waals surface area contributed by atoms with E-state index in [0.29, 0.717) is 5.88 Å². The van der Waals surface area contributed by atoms with Gasteiger partial charge in [0.15, 0.2) is 40.7 Å². The van der Waals surface area contributed by atoms with E-state index in [4.69, 9.17) is 50.3 Å². The fourth-order valence-electron chi connectivity index (χ4n) is 3.59. The van der Waals surface area contributed by atoms with Gasteiger partial charge in [0.25, 0.3) is 0 Å². The van der Waals surface area contributed by atoms with Gasteiger partial charge in [0.05, 0.1) is 0 Å². The van der Waals surface area contributed by atoms with Gasteiger partial charge in [0.2, 0.25) is 0 Å². The molecule has 267 valence electrons. The average molecular weight is 783 g/mol. The Balaban J connectivity index is -0.0000000841. The highest BCUT2D eigenvalue weighted by atomic mass is 35.6. The molecule has 0 heterocycles. The lowest BCUT2D eigenvalue weighted by Gasteiger charge is -2.20. The molecule has 14 heteroatoms. The molecule has 0 rings (SSSR count). The second-order valence-electron chi connectivity index (χ2n) is 14.0. The lowest BCUT2D eigenvalue weighted by Crippen LogP contribution is -2.29. The largest absolute Gasteiger partial charge is 0.432 e. The molecule has 4 nitrogen and oxygen atoms in total. The molecule has 0 aromatic carbocycles. The zero-order valence-corrected chi connectivity index (χ0v) is 37.4. The Hall–Kier alpha value is 2.15. The molecule has 0 aliphatic rings. The normalized spacial score (nSPS) is 11.9. The quantitative estimate of drug-likeness (QED) is 0.0528.